The van der Waals surface area contributed by atoms with Crippen molar-refractivity contribution in [3.05, 3.63) is 69.3 Å². The Balaban J connectivity index is 1.95. The standard InChI is InChI=1S/C18H13BrClNO3/c19-10-5-6-12(15(20)7-10)17(22)8-13(18(23)24)14-9-21-16-4-2-1-3-11(14)16/h1-7,9,13,21H,8H2,(H,23,24). The van der Waals surface area contributed by atoms with Gasteiger partial charge in [0.2, 0.25) is 0 Å². The van der Waals surface area contributed by atoms with E-state index in [1.54, 1.807) is 24.4 Å². The average molecular weight is 407 g/mol. The second-order valence-electron chi connectivity index (χ2n) is 5.43. The molecule has 6 heteroatoms. The van der Waals surface area contributed by atoms with Gasteiger partial charge in [-0.15, -0.1) is 0 Å². The summed E-state index contributed by atoms with van der Waals surface area (Å²) in [4.78, 5) is 27.3. The van der Waals surface area contributed by atoms with E-state index in [-0.39, 0.29) is 12.2 Å². The minimum Gasteiger partial charge on any atom is -0.481 e. The molecule has 122 valence electrons. The summed E-state index contributed by atoms with van der Waals surface area (Å²) >= 11 is 9.39. The number of nitrogens with one attached hydrogen (secondary N) is 1. The highest BCUT2D eigenvalue weighted by atomic mass is 79.9. The maximum Gasteiger partial charge on any atom is 0.311 e. The quantitative estimate of drug-likeness (QED) is 0.584. The molecule has 0 saturated carbocycles. The number of rotatable bonds is 5. The molecule has 0 saturated heterocycles. The molecule has 4 nitrogen and oxygen atoms in total. The number of carboxylic acid groups (broad SMARTS) is 1. The number of carbonyl (C=O) groups is 2. The number of Topliss-reactive ketones (excluding diaryl/α,β-unsaturated/α-hetero) is 1. The summed E-state index contributed by atoms with van der Waals surface area (Å²) in [6.07, 6.45) is 1.50. The zero-order chi connectivity index (χ0) is 17.3. The maximum absolute atomic E-state index is 12.5. The smallest absolute Gasteiger partial charge is 0.311 e. The first-order valence-electron chi connectivity index (χ1n) is 7.24. The Hall–Kier alpha value is -2.11. The van der Waals surface area contributed by atoms with Gasteiger partial charge in [-0.05, 0) is 29.8 Å². The number of benzene rings is 2. The first-order valence-corrected chi connectivity index (χ1v) is 8.41. The number of hydrogen-bond donors (Lipinski definition) is 2. The summed E-state index contributed by atoms with van der Waals surface area (Å²) in [5, 5.41) is 10.7. The normalized spacial score (nSPS) is 12.2. The third-order valence-electron chi connectivity index (χ3n) is 3.92. The van der Waals surface area contributed by atoms with Gasteiger partial charge in [-0.1, -0.05) is 45.7 Å². The van der Waals surface area contributed by atoms with Crippen molar-refractivity contribution in [2.75, 3.05) is 0 Å². The molecule has 1 aromatic heterocycles. The lowest BCUT2D eigenvalue weighted by molar-refractivity contribution is -0.138. The molecule has 0 aliphatic heterocycles. The molecule has 0 bridgehead atoms. The lowest BCUT2D eigenvalue weighted by Crippen LogP contribution is -2.16. The monoisotopic (exact) mass is 405 g/mol. The fraction of sp³-hybridized carbons (Fsp3) is 0.111. The molecule has 0 radical (unpaired) electrons. The van der Waals surface area contributed by atoms with Crippen LogP contribution in [0.25, 0.3) is 10.9 Å². The number of ketones is 1. The van der Waals surface area contributed by atoms with Crippen molar-refractivity contribution < 1.29 is 14.7 Å². The van der Waals surface area contributed by atoms with Gasteiger partial charge in [0.25, 0.3) is 0 Å². The zero-order valence-electron chi connectivity index (χ0n) is 12.4. The second kappa shape index (κ2) is 6.79. The Labute approximate surface area is 151 Å². The highest BCUT2D eigenvalue weighted by Crippen LogP contribution is 2.31. The van der Waals surface area contributed by atoms with Crippen molar-refractivity contribution in [3.63, 3.8) is 0 Å². The molecule has 0 spiro atoms. The molecule has 0 amide bonds. The summed E-state index contributed by atoms with van der Waals surface area (Å²) in [5.74, 6) is -2.28. The van der Waals surface area contributed by atoms with E-state index in [9.17, 15) is 14.7 Å². The SMILES string of the molecule is O=C(CC(C(=O)O)c1c[nH]c2ccccc12)c1ccc(Br)cc1Cl. The molecular formula is C18H13BrClNO3. The van der Waals surface area contributed by atoms with Crippen LogP contribution in [0, 0.1) is 0 Å². The number of para-hydroxylation sites is 1. The zero-order valence-corrected chi connectivity index (χ0v) is 14.8. The molecule has 3 aromatic rings. The Morgan fingerprint density at radius 1 is 1.21 bits per heavy atom. The molecule has 1 atom stereocenters. The van der Waals surface area contributed by atoms with Gasteiger partial charge in [0.1, 0.15) is 0 Å². The Bertz CT molecular complexity index is 935. The Kier molecular flexibility index (Phi) is 4.73. The van der Waals surface area contributed by atoms with Crippen molar-refractivity contribution in [1.29, 1.82) is 0 Å². The predicted molar refractivity (Wildman–Crippen MR) is 96.8 cm³/mol. The largest absolute Gasteiger partial charge is 0.481 e. The number of H-pyrrole nitrogens is 1. The summed E-state index contributed by atoms with van der Waals surface area (Å²) < 4.78 is 0.760. The van der Waals surface area contributed by atoms with Gasteiger partial charge in [0.15, 0.2) is 5.78 Å². The summed E-state index contributed by atoms with van der Waals surface area (Å²) in [6.45, 7) is 0. The number of halogens is 2. The molecule has 24 heavy (non-hydrogen) atoms. The summed E-state index contributed by atoms with van der Waals surface area (Å²) in [7, 11) is 0. The van der Waals surface area contributed by atoms with Crippen molar-refractivity contribution >= 4 is 50.2 Å². The molecule has 2 aromatic carbocycles. The van der Waals surface area contributed by atoms with Crippen molar-refractivity contribution in [2.24, 2.45) is 0 Å². The van der Waals surface area contributed by atoms with E-state index in [2.05, 4.69) is 20.9 Å². The first-order chi connectivity index (χ1) is 11.5. The van der Waals surface area contributed by atoms with Gasteiger partial charge in [-0.3, -0.25) is 9.59 Å². The average Bonchev–Trinajstić information content (AvgIpc) is 2.96. The molecule has 2 N–H and O–H groups in total. The van der Waals surface area contributed by atoms with Gasteiger partial charge < -0.3 is 10.1 Å². The third-order valence-corrected chi connectivity index (χ3v) is 4.72. The molecule has 1 heterocycles. The third kappa shape index (κ3) is 3.23. The Morgan fingerprint density at radius 3 is 2.67 bits per heavy atom. The number of aromatic amines is 1. The van der Waals surface area contributed by atoms with Crippen LogP contribution >= 0.6 is 27.5 Å². The number of fused-ring (bicyclic) bond motifs is 1. The van der Waals surface area contributed by atoms with E-state index in [1.165, 1.54) is 0 Å². The van der Waals surface area contributed by atoms with E-state index in [0.29, 0.717) is 16.1 Å². The van der Waals surface area contributed by atoms with E-state index in [0.717, 1.165) is 15.4 Å². The molecule has 0 aliphatic rings. The second-order valence-corrected chi connectivity index (χ2v) is 6.75. The number of carbonyl (C=O) groups excluding carboxylic acids is 1. The predicted octanol–water partition coefficient (Wildman–Crippen LogP) is 5.03. The fourth-order valence-corrected chi connectivity index (χ4v) is 3.50. The van der Waals surface area contributed by atoms with E-state index in [1.807, 2.05) is 24.3 Å². The minimum absolute atomic E-state index is 0.154. The molecular weight excluding hydrogens is 394 g/mol. The topological polar surface area (TPSA) is 70.2 Å². The van der Waals surface area contributed by atoms with Gasteiger partial charge in [0.05, 0.1) is 10.9 Å². The van der Waals surface area contributed by atoms with Crippen LogP contribution in [0.4, 0.5) is 0 Å². The number of carboxylic acids is 1. The van der Waals surface area contributed by atoms with Crippen molar-refractivity contribution in [2.45, 2.75) is 12.3 Å². The molecule has 0 fully saturated rings. The maximum atomic E-state index is 12.5. The summed E-state index contributed by atoms with van der Waals surface area (Å²) in [6, 6.07) is 12.3. The van der Waals surface area contributed by atoms with Crippen LogP contribution in [0.15, 0.2) is 53.1 Å². The molecule has 3 rings (SSSR count). The lowest BCUT2D eigenvalue weighted by Gasteiger charge is -2.12. The van der Waals surface area contributed by atoms with Gasteiger partial charge in [0, 0.05) is 33.6 Å². The van der Waals surface area contributed by atoms with Crippen LogP contribution in [-0.4, -0.2) is 21.8 Å². The number of aromatic nitrogens is 1. The van der Waals surface area contributed by atoms with Crippen LogP contribution < -0.4 is 0 Å². The van der Waals surface area contributed by atoms with Crippen LogP contribution in [0.2, 0.25) is 5.02 Å². The molecule has 1 unspecified atom stereocenters. The van der Waals surface area contributed by atoms with Crippen LogP contribution in [0.3, 0.4) is 0 Å². The summed E-state index contributed by atoms with van der Waals surface area (Å²) in [5.41, 5.74) is 1.76. The van der Waals surface area contributed by atoms with Crippen LogP contribution in [0.1, 0.15) is 28.3 Å². The van der Waals surface area contributed by atoms with Gasteiger partial charge in [-0.2, -0.15) is 0 Å². The number of aliphatic carboxylic acids is 1. The van der Waals surface area contributed by atoms with Gasteiger partial charge >= 0.3 is 5.97 Å². The first kappa shape index (κ1) is 16.7. The fourth-order valence-electron chi connectivity index (χ4n) is 2.72. The van der Waals surface area contributed by atoms with E-state index < -0.39 is 11.9 Å². The van der Waals surface area contributed by atoms with Crippen molar-refractivity contribution in [1.82, 2.24) is 4.98 Å². The van der Waals surface area contributed by atoms with Crippen LogP contribution in [-0.2, 0) is 4.79 Å². The lowest BCUT2D eigenvalue weighted by atomic mass is 9.91. The highest BCUT2D eigenvalue weighted by molar-refractivity contribution is 9.10. The highest BCUT2D eigenvalue weighted by Gasteiger charge is 2.27. The van der Waals surface area contributed by atoms with E-state index >= 15 is 0 Å². The van der Waals surface area contributed by atoms with E-state index in [4.69, 9.17) is 11.6 Å². The number of hydrogen-bond acceptors (Lipinski definition) is 2. The molecule has 0 aliphatic carbocycles. The van der Waals surface area contributed by atoms with Gasteiger partial charge in [-0.25, -0.2) is 0 Å². The minimum atomic E-state index is -1.04. The van der Waals surface area contributed by atoms with Crippen molar-refractivity contribution in [3.8, 4) is 0 Å². The Morgan fingerprint density at radius 2 is 1.96 bits per heavy atom. The van der Waals surface area contributed by atoms with Crippen LogP contribution in [0.5, 0.6) is 0 Å².